The molecule has 2 fully saturated rings. The van der Waals surface area contributed by atoms with Crippen LogP contribution in [-0.2, 0) is 19.3 Å². The third kappa shape index (κ3) is 4.94. The molecule has 0 aliphatic carbocycles. The van der Waals surface area contributed by atoms with Gasteiger partial charge in [-0.3, -0.25) is 0 Å². The molecule has 3 aromatic heterocycles. The fourth-order valence-electron chi connectivity index (χ4n) is 5.22. The van der Waals surface area contributed by atoms with E-state index in [1.54, 1.807) is 36.7 Å². The van der Waals surface area contributed by atoms with Gasteiger partial charge in [-0.25, -0.2) is 22.4 Å². The molecular weight excluding hydrogens is 537 g/mol. The Balaban J connectivity index is 1.45. The quantitative estimate of drug-likeness (QED) is 0.334. The summed E-state index contributed by atoms with van der Waals surface area (Å²) in [5.74, 6) is 0.882. The lowest BCUT2D eigenvalue weighted by molar-refractivity contribution is 0.00578. The van der Waals surface area contributed by atoms with Gasteiger partial charge in [0.1, 0.15) is 5.82 Å². The van der Waals surface area contributed by atoms with Gasteiger partial charge in [0.15, 0.2) is 5.65 Å². The minimum absolute atomic E-state index is 0.195. The Labute approximate surface area is 242 Å². The number of fused-ring (bicyclic) bond motifs is 1. The van der Waals surface area contributed by atoms with Crippen LogP contribution in [0.15, 0.2) is 65.8 Å². The van der Waals surface area contributed by atoms with E-state index in [4.69, 9.17) is 14.3 Å². The van der Waals surface area contributed by atoms with Gasteiger partial charge in [0.05, 0.1) is 21.8 Å². The average Bonchev–Trinajstić information content (AvgIpc) is 3.43. The highest BCUT2D eigenvalue weighted by molar-refractivity contribution is 7.90. The summed E-state index contributed by atoms with van der Waals surface area (Å²) in [7, 11) is -2.47. The lowest BCUT2D eigenvalue weighted by Gasteiger charge is -2.33. The highest BCUT2D eigenvalue weighted by atomic mass is 32.2. The van der Waals surface area contributed by atoms with Crippen LogP contribution in [-0.4, -0.2) is 78.8 Å². The molecule has 0 saturated carbocycles. The smallest absolute Gasteiger partial charge is 0.399 e. The minimum atomic E-state index is -3.98. The number of aryl methyl sites for hydroxylation is 1. The first-order valence-electron chi connectivity index (χ1n) is 13.9. The molecule has 0 atom stereocenters. The normalized spacial score (nSPS) is 19.3. The molecular formula is C30H36BN5O4S. The maximum atomic E-state index is 14.1. The summed E-state index contributed by atoms with van der Waals surface area (Å²) in [4.78, 5) is 14.1. The first kappa shape index (κ1) is 27.9. The van der Waals surface area contributed by atoms with Crippen LogP contribution < -0.4 is 10.4 Å². The second kappa shape index (κ2) is 9.94. The van der Waals surface area contributed by atoms with Crippen molar-refractivity contribution >= 4 is 39.5 Å². The van der Waals surface area contributed by atoms with E-state index < -0.39 is 28.3 Å². The Kier molecular flexibility index (Phi) is 6.76. The Bertz CT molecular complexity index is 1680. The second-order valence-electron chi connectivity index (χ2n) is 12.1. The van der Waals surface area contributed by atoms with Crippen molar-refractivity contribution in [1.29, 1.82) is 0 Å². The van der Waals surface area contributed by atoms with Crippen molar-refractivity contribution in [3.63, 3.8) is 0 Å². The molecule has 2 saturated heterocycles. The topological polar surface area (TPSA) is 89.8 Å². The van der Waals surface area contributed by atoms with Crippen molar-refractivity contribution in [3.8, 4) is 11.3 Å². The summed E-state index contributed by atoms with van der Waals surface area (Å²) in [5, 5.41) is 0.672. The summed E-state index contributed by atoms with van der Waals surface area (Å²) in [6.07, 6.45) is 3.39. The molecule has 4 aromatic rings. The molecule has 2 aliphatic heterocycles. The third-order valence-electron chi connectivity index (χ3n) is 8.58. The molecule has 11 heteroatoms. The first-order chi connectivity index (χ1) is 19.4. The zero-order valence-corrected chi connectivity index (χ0v) is 25.3. The molecule has 0 amide bonds. The zero-order chi connectivity index (χ0) is 29.2. The molecule has 9 nitrogen and oxygen atoms in total. The number of aromatic nitrogens is 3. The lowest BCUT2D eigenvalue weighted by atomic mass is 9.80. The lowest BCUT2D eigenvalue weighted by Crippen LogP contribution is -2.44. The number of rotatable bonds is 5. The molecule has 6 rings (SSSR count). The van der Waals surface area contributed by atoms with Crippen LogP contribution in [0.3, 0.4) is 0 Å². The van der Waals surface area contributed by atoms with Gasteiger partial charge in [0.25, 0.3) is 10.0 Å². The molecule has 0 unspecified atom stereocenters. The van der Waals surface area contributed by atoms with Crippen molar-refractivity contribution in [1.82, 2.24) is 18.8 Å². The van der Waals surface area contributed by atoms with E-state index in [0.717, 1.165) is 43.0 Å². The van der Waals surface area contributed by atoms with Crippen LogP contribution in [0.1, 0.15) is 33.3 Å². The van der Waals surface area contributed by atoms with Crippen molar-refractivity contribution in [2.75, 3.05) is 38.1 Å². The molecule has 1 aromatic carbocycles. The molecule has 0 spiro atoms. The van der Waals surface area contributed by atoms with Crippen LogP contribution in [0.5, 0.6) is 0 Å². The van der Waals surface area contributed by atoms with Gasteiger partial charge in [-0.2, -0.15) is 0 Å². The van der Waals surface area contributed by atoms with E-state index in [0.29, 0.717) is 22.3 Å². The molecule has 214 valence electrons. The van der Waals surface area contributed by atoms with Gasteiger partial charge >= 0.3 is 7.12 Å². The number of hydrogen-bond donors (Lipinski definition) is 0. The van der Waals surface area contributed by atoms with E-state index in [9.17, 15) is 8.42 Å². The highest BCUT2D eigenvalue weighted by Crippen LogP contribution is 2.37. The summed E-state index contributed by atoms with van der Waals surface area (Å²) >= 11 is 0. The van der Waals surface area contributed by atoms with Crippen molar-refractivity contribution in [2.24, 2.45) is 0 Å². The van der Waals surface area contributed by atoms with Crippen LogP contribution in [0.25, 0.3) is 22.3 Å². The van der Waals surface area contributed by atoms with Gasteiger partial charge < -0.3 is 19.1 Å². The summed E-state index contributed by atoms with van der Waals surface area (Å²) in [6.45, 7) is 13.7. The fourth-order valence-corrected chi connectivity index (χ4v) is 6.70. The Hall–Kier alpha value is -3.25. The number of pyridine rings is 2. The van der Waals surface area contributed by atoms with Gasteiger partial charge in [-0.15, -0.1) is 0 Å². The van der Waals surface area contributed by atoms with Gasteiger partial charge in [-0.05, 0) is 78.1 Å². The van der Waals surface area contributed by atoms with Crippen molar-refractivity contribution in [3.05, 3.63) is 66.5 Å². The molecule has 2 aliphatic rings. The zero-order valence-electron chi connectivity index (χ0n) is 24.5. The summed E-state index contributed by atoms with van der Waals surface area (Å²) in [5.41, 5.74) is 2.23. The predicted molar refractivity (Wildman–Crippen MR) is 162 cm³/mol. The number of benzene rings is 1. The number of likely N-dealkylation sites (N-methyl/N-ethyl adjacent to an activating group) is 1. The molecule has 0 bridgehead atoms. The fraction of sp³-hybridized carbons (Fsp3) is 0.400. The molecule has 0 N–H and O–H groups in total. The Morgan fingerprint density at radius 3 is 2.12 bits per heavy atom. The number of anilines is 1. The minimum Gasteiger partial charge on any atom is -0.399 e. The van der Waals surface area contributed by atoms with E-state index >= 15 is 0 Å². The number of piperazine rings is 1. The second-order valence-corrected chi connectivity index (χ2v) is 13.9. The van der Waals surface area contributed by atoms with E-state index in [1.165, 1.54) is 3.97 Å². The van der Waals surface area contributed by atoms with E-state index in [1.807, 2.05) is 58.9 Å². The van der Waals surface area contributed by atoms with Gasteiger partial charge in [-0.1, -0.05) is 17.7 Å². The Morgan fingerprint density at radius 2 is 1.51 bits per heavy atom. The maximum Gasteiger partial charge on any atom is 0.496 e. The number of nitrogens with zero attached hydrogens (tertiary/aromatic N) is 5. The summed E-state index contributed by atoms with van der Waals surface area (Å²) in [6, 6.07) is 14.5. The van der Waals surface area contributed by atoms with Crippen molar-refractivity contribution in [2.45, 2.75) is 50.7 Å². The van der Waals surface area contributed by atoms with Crippen LogP contribution in [0.4, 0.5) is 5.82 Å². The van der Waals surface area contributed by atoms with Gasteiger partial charge in [0.2, 0.25) is 0 Å². The predicted octanol–water partition coefficient (Wildman–Crippen LogP) is 3.69. The SMILES string of the molecule is Cc1ccc(S(=O)(=O)n2c(-c3ccc(N4CCN(C)CC4)nc3)cc3cc(B4OC(C)(C)C(C)(C)O4)cnc32)cc1. The van der Waals surface area contributed by atoms with E-state index in [2.05, 4.69) is 21.8 Å². The largest absolute Gasteiger partial charge is 0.496 e. The third-order valence-corrected chi connectivity index (χ3v) is 10.3. The molecule has 0 radical (unpaired) electrons. The van der Waals surface area contributed by atoms with Crippen LogP contribution >= 0.6 is 0 Å². The standard InChI is InChI=1S/C30H36BN5O4S/c1-21-7-10-25(11-8-21)41(37,38)36-26(22-9-12-27(32-19-22)35-15-13-34(6)14-16-35)18-23-17-24(20-33-28(23)36)31-39-29(2,3)30(4,5)40-31/h7-12,17-20H,13-16H2,1-6H3. The van der Waals surface area contributed by atoms with Crippen molar-refractivity contribution < 1.29 is 17.7 Å². The van der Waals surface area contributed by atoms with Crippen LogP contribution in [0.2, 0.25) is 0 Å². The number of hydrogen-bond acceptors (Lipinski definition) is 8. The maximum absolute atomic E-state index is 14.1. The Morgan fingerprint density at radius 1 is 0.854 bits per heavy atom. The molecule has 5 heterocycles. The van der Waals surface area contributed by atoms with Gasteiger partial charge in [0, 0.05) is 55.0 Å². The highest BCUT2D eigenvalue weighted by Gasteiger charge is 2.52. The van der Waals surface area contributed by atoms with Crippen LogP contribution in [0, 0.1) is 6.92 Å². The monoisotopic (exact) mass is 573 g/mol. The average molecular weight is 574 g/mol. The first-order valence-corrected chi connectivity index (χ1v) is 15.4. The van der Waals surface area contributed by atoms with E-state index in [-0.39, 0.29) is 4.90 Å². The molecule has 41 heavy (non-hydrogen) atoms. The summed E-state index contributed by atoms with van der Waals surface area (Å²) < 4.78 is 42.0.